The Morgan fingerprint density at radius 2 is 1.26 bits per heavy atom. The van der Waals surface area contributed by atoms with Gasteiger partial charge in [0.15, 0.2) is 0 Å². The lowest BCUT2D eigenvalue weighted by Gasteiger charge is -2.49. The van der Waals surface area contributed by atoms with E-state index in [2.05, 4.69) is 9.97 Å². The molecular weight excluding hydrogens is 532 g/mol. The molecule has 4 aromatic carbocycles. The van der Waals surface area contributed by atoms with E-state index in [-0.39, 0.29) is 0 Å². The zero-order valence-corrected chi connectivity index (χ0v) is 23.0. The molecule has 0 bridgehead atoms. The van der Waals surface area contributed by atoms with Gasteiger partial charge in [-0.1, -0.05) is 54.6 Å². The Morgan fingerprint density at radius 1 is 0.690 bits per heavy atom. The molecule has 0 amide bonds. The molecule has 8 nitrogen and oxygen atoms in total. The number of carbonyl (C=O) groups is 2. The van der Waals surface area contributed by atoms with E-state index in [0.29, 0.717) is 28.4 Å². The summed E-state index contributed by atoms with van der Waals surface area (Å²) in [6, 6.07) is 25.8. The van der Waals surface area contributed by atoms with E-state index in [4.69, 9.17) is 14.2 Å². The summed E-state index contributed by atoms with van der Waals surface area (Å²) in [5.74, 6) is -3.13. The largest absolute Gasteiger partial charge is 0.496 e. The number of aliphatic carboxylic acids is 1. The number of ether oxygens (including phenoxy) is 3. The molecule has 1 fully saturated rings. The third-order valence-corrected chi connectivity index (χ3v) is 8.03. The van der Waals surface area contributed by atoms with Gasteiger partial charge in [-0.25, -0.2) is 9.97 Å². The molecule has 42 heavy (non-hydrogen) atoms. The number of rotatable bonds is 8. The van der Waals surface area contributed by atoms with E-state index in [1.807, 2.05) is 66.7 Å². The van der Waals surface area contributed by atoms with Gasteiger partial charge < -0.3 is 19.3 Å². The Balaban J connectivity index is 1.37. The predicted octanol–water partition coefficient (Wildman–Crippen LogP) is 6.12. The highest BCUT2D eigenvalue weighted by atomic mass is 16.5. The molecule has 4 atom stereocenters. The summed E-state index contributed by atoms with van der Waals surface area (Å²) >= 11 is 0. The lowest BCUT2D eigenvalue weighted by atomic mass is 9.52. The van der Waals surface area contributed by atoms with E-state index >= 15 is 0 Å². The Labute approximate surface area is 242 Å². The van der Waals surface area contributed by atoms with Crippen LogP contribution < -0.4 is 14.2 Å². The average molecular weight is 561 g/mol. The second-order valence-electron chi connectivity index (χ2n) is 10.2. The quantitative estimate of drug-likeness (QED) is 0.179. The second kappa shape index (κ2) is 11.3. The topological polar surface area (TPSA) is 108 Å². The second-order valence-corrected chi connectivity index (χ2v) is 10.2. The summed E-state index contributed by atoms with van der Waals surface area (Å²) in [7, 11) is 3.06. The maximum absolute atomic E-state index is 14.0. The summed E-state index contributed by atoms with van der Waals surface area (Å²) in [6.07, 6.45) is 5.00. The van der Waals surface area contributed by atoms with Crippen molar-refractivity contribution in [1.29, 1.82) is 0 Å². The molecule has 0 radical (unpaired) electrons. The van der Waals surface area contributed by atoms with Crippen LogP contribution in [0.3, 0.4) is 0 Å². The number of benzene rings is 4. The van der Waals surface area contributed by atoms with Gasteiger partial charge >= 0.3 is 11.9 Å². The zero-order chi connectivity index (χ0) is 29.2. The van der Waals surface area contributed by atoms with Crippen molar-refractivity contribution in [3.05, 3.63) is 115 Å². The van der Waals surface area contributed by atoms with Crippen molar-refractivity contribution in [2.75, 3.05) is 14.2 Å². The van der Waals surface area contributed by atoms with Crippen molar-refractivity contribution >= 4 is 22.7 Å². The summed E-state index contributed by atoms with van der Waals surface area (Å²) in [4.78, 5) is 34.9. The molecule has 210 valence electrons. The van der Waals surface area contributed by atoms with E-state index in [0.717, 1.165) is 21.9 Å². The SMILES string of the molecule is COc1ccccc1C1[C@H](C(=O)O)[C@@H](c2ccccc2OC)[C@H]1C(=O)Oc1ccc2cc(-c3cncnc3)ccc2c1. The number of carboxylic acids is 1. The van der Waals surface area contributed by atoms with Gasteiger partial charge in [0.05, 0.1) is 26.1 Å². The fraction of sp³-hybridized carbons (Fsp3) is 0.176. The van der Waals surface area contributed by atoms with Gasteiger partial charge in [-0.05, 0) is 57.8 Å². The van der Waals surface area contributed by atoms with Crippen LogP contribution in [0.1, 0.15) is 23.0 Å². The van der Waals surface area contributed by atoms with E-state index in [1.165, 1.54) is 20.5 Å². The monoisotopic (exact) mass is 560 g/mol. The minimum absolute atomic E-state index is 0.375. The minimum Gasteiger partial charge on any atom is -0.496 e. The van der Waals surface area contributed by atoms with Crippen LogP contribution in [0.25, 0.3) is 21.9 Å². The van der Waals surface area contributed by atoms with Gasteiger partial charge in [0, 0.05) is 29.8 Å². The number of methoxy groups -OCH3 is 2. The Kier molecular flexibility index (Phi) is 7.27. The first kappa shape index (κ1) is 27.0. The lowest BCUT2D eigenvalue weighted by Crippen LogP contribution is -2.52. The van der Waals surface area contributed by atoms with Crippen LogP contribution in [-0.4, -0.2) is 41.2 Å². The fourth-order valence-corrected chi connectivity index (χ4v) is 6.11. The molecule has 1 aliphatic carbocycles. The number of hydrogen-bond donors (Lipinski definition) is 1. The molecule has 1 aliphatic rings. The molecule has 6 rings (SSSR count). The van der Waals surface area contributed by atoms with Crippen molar-refractivity contribution in [3.8, 4) is 28.4 Å². The van der Waals surface area contributed by atoms with E-state index in [9.17, 15) is 14.7 Å². The maximum Gasteiger partial charge on any atom is 0.315 e. The van der Waals surface area contributed by atoms with E-state index < -0.39 is 35.6 Å². The molecule has 5 aromatic rings. The maximum atomic E-state index is 14.0. The minimum atomic E-state index is -1.00. The van der Waals surface area contributed by atoms with Gasteiger partial charge in [-0.3, -0.25) is 9.59 Å². The summed E-state index contributed by atoms with van der Waals surface area (Å²) < 4.78 is 17.1. The molecule has 0 spiro atoms. The number of para-hydroxylation sites is 2. The normalized spacial score (nSPS) is 19.5. The number of esters is 1. The summed E-state index contributed by atoms with van der Waals surface area (Å²) in [6.45, 7) is 0. The molecule has 1 heterocycles. The van der Waals surface area contributed by atoms with Crippen LogP contribution in [-0.2, 0) is 9.59 Å². The van der Waals surface area contributed by atoms with Gasteiger partial charge in [-0.15, -0.1) is 0 Å². The molecular formula is C34H28N2O6. The third kappa shape index (κ3) is 4.81. The fourth-order valence-electron chi connectivity index (χ4n) is 6.11. The molecule has 1 aromatic heterocycles. The Hall–Kier alpha value is -5.24. The summed E-state index contributed by atoms with van der Waals surface area (Å²) in [5, 5.41) is 12.2. The average Bonchev–Trinajstić information content (AvgIpc) is 3.01. The first-order chi connectivity index (χ1) is 20.5. The van der Waals surface area contributed by atoms with Crippen LogP contribution in [0.15, 0.2) is 104 Å². The van der Waals surface area contributed by atoms with Gasteiger partial charge in [0.2, 0.25) is 0 Å². The molecule has 1 N–H and O–H groups in total. The summed E-state index contributed by atoms with van der Waals surface area (Å²) in [5.41, 5.74) is 3.17. The van der Waals surface area contributed by atoms with Gasteiger partial charge in [0.25, 0.3) is 0 Å². The number of carbonyl (C=O) groups excluding carboxylic acids is 1. The molecule has 8 heteroatoms. The number of carboxylic acid groups (broad SMARTS) is 1. The molecule has 0 aliphatic heterocycles. The lowest BCUT2D eigenvalue weighted by molar-refractivity contribution is -0.158. The molecule has 0 saturated heterocycles. The van der Waals surface area contributed by atoms with Crippen molar-refractivity contribution in [2.24, 2.45) is 11.8 Å². The number of aromatic nitrogens is 2. The third-order valence-electron chi connectivity index (χ3n) is 8.03. The number of fused-ring (bicyclic) bond motifs is 1. The highest BCUT2D eigenvalue weighted by molar-refractivity contribution is 5.90. The smallest absolute Gasteiger partial charge is 0.315 e. The van der Waals surface area contributed by atoms with Gasteiger partial charge in [0.1, 0.15) is 23.6 Å². The highest BCUT2D eigenvalue weighted by Gasteiger charge is 2.60. The van der Waals surface area contributed by atoms with Crippen molar-refractivity contribution in [3.63, 3.8) is 0 Å². The first-order valence-electron chi connectivity index (χ1n) is 13.5. The highest BCUT2D eigenvalue weighted by Crippen LogP contribution is 2.60. The number of nitrogens with zero attached hydrogens (tertiary/aromatic N) is 2. The van der Waals surface area contributed by atoms with Crippen molar-refractivity contribution in [2.45, 2.75) is 11.8 Å². The van der Waals surface area contributed by atoms with Gasteiger partial charge in [-0.2, -0.15) is 0 Å². The van der Waals surface area contributed by atoms with Crippen molar-refractivity contribution in [1.82, 2.24) is 9.97 Å². The standard InChI is InChI=1S/C34H28N2O6/c1-40-27-9-5-3-7-25(27)29-31(33(37)38)30(26-8-4-6-10-28(26)41-2)32(29)34(39)42-24-14-13-20-15-21(11-12-22(20)16-24)23-17-35-19-36-18-23/h3-19,29-32H,1-2H3,(H,37,38)/t29-,30?,31-,32-/m1/s1. The number of hydrogen-bond acceptors (Lipinski definition) is 7. The van der Waals surface area contributed by atoms with Crippen LogP contribution in [0.2, 0.25) is 0 Å². The predicted molar refractivity (Wildman–Crippen MR) is 157 cm³/mol. The first-order valence-corrected chi connectivity index (χ1v) is 13.5. The Morgan fingerprint density at radius 3 is 1.86 bits per heavy atom. The van der Waals surface area contributed by atoms with Crippen LogP contribution in [0, 0.1) is 11.8 Å². The Bertz CT molecular complexity index is 1720. The zero-order valence-electron chi connectivity index (χ0n) is 23.0. The van der Waals surface area contributed by atoms with Crippen LogP contribution in [0.5, 0.6) is 17.2 Å². The van der Waals surface area contributed by atoms with Crippen LogP contribution in [0.4, 0.5) is 0 Å². The van der Waals surface area contributed by atoms with Crippen molar-refractivity contribution < 1.29 is 28.9 Å². The molecule has 1 saturated carbocycles. The van der Waals surface area contributed by atoms with Crippen LogP contribution >= 0.6 is 0 Å². The van der Waals surface area contributed by atoms with E-state index in [1.54, 1.807) is 30.6 Å². The molecule has 1 unspecified atom stereocenters.